The first kappa shape index (κ1) is 32.9. The molecule has 1 aliphatic rings. The summed E-state index contributed by atoms with van der Waals surface area (Å²) in [5, 5.41) is 4.67. The Kier molecular flexibility index (Phi) is 7.71. The van der Waals surface area contributed by atoms with E-state index >= 15 is 0 Å². The van der Waals surface area contributed by atoms with E-state index in [1.165, 1.54) is 21.8 Å². The number of fused-ring (bicyclic) bond motifs is 6. The minimum absolute atomic E-state index is 0.282. The van der Waals surface area contributed by atoms with Gasteiger partial charge in [-0.2, -0.15) is 0 Å². The molecule has 5 nitrogen and oxygen atoms in total. The van der Waals surface area contributed by atoms with E-state index in [0.29, 0.717) is 0 Å². The lowest BCUT2D eigenvalue weighted by Crippen LogP contribution is -2.35. The maximum Gasteiger partial charge on any atom is 0.159 e. The first-order valence-corrected chi connectivity index (χ1v) is 19.3. The highest BCUT2D eigenvalue weighted by Crippen LogP contribution is 2.43. The molecular formula is C52H36N4O. The first-order valence-electron chi connectivity index (χ1n) is 19.3. The largest absolute Gasteiger partial charge is 0.455 e. The number of para-hydroxylation sites is 3. The lowest BCUT2D eigenvalue weighted by Gasteiger charge is -2.32. The minimum atomic E-state index is -0.282. The van der Waals surface area contributed by atoms with Crippen LogP contribution in [0.4, 0.5) is 0 Å². The Balaban J connectivity index is 1.04. The molecule has 0 spiro atoms. The quantitative estimate of drug-likeness (QED) is 0.171. The zero-order valence-corrected chi connectivity index (χ0v) is 31.2. The van der Waals surface area contributed by atoms with Crippen LogP contribution in [0.1, 0.15) is 22.9 Å². The summed E-state index contributed by atoms with van der Waals surface area (Å²) in [7, 11) is 2.08. The van der Waals surface area contributed by atoms with E-state index in [9.17, 15) is 0 Å². The molecule has 5 heteroatoms. The van der Waals surface area contributed by atoms with Crippen molar-refractivity contribution in [3.63, 3.8) is 0 Å². The molecule has 0 amide bonds. The van der Waals surface area contributed by atoms with E-state index in [2.05, 4.69) is 186 Å². The molecule has 8 aromatic carbocycles. The van der Waals surface area contributed by atoms with Gasteiger partial charge in [-0.05, 0) is 58.7 Å². The summed E-state index contributed by atoms with van der Waals surface area (Å²) in [6, 6.07) is 68.3. The SMILES string of the molecule is CN1C(c2ccccc2)=NC(c2ccccc2)=NC1c1cccc(-c2cccc3c2oc2cccc(-c4ccc5c6ccccc6n(-c6ccccc6)c5c4)c23)c1. The smallest absolute Gasteiger partial charge is 0.159 e. The second-order valence-electron chi connectivity index (χ2n) is 14.6. The van der Waals surface area contributed by atoms with Crippen LogP contribution in [0.2, 0.25) is 0 Å². The van der Waals surface area contributed by atoms with Crippen LogP contribution in [0.15, 0.2) is 209 Å². The van der Waals surface area contributed by atoms with Crippen molar-refractivity contribution < 1.29 is 4.42 Å². The summed E-state index contributed by atoms with van der Waals surface area (Å²) in [4.78, 5) is 12.5. The van der Waals surface area contributed by atoms with Crippen molar-refractivity contribution in [2.24, 2.45) is 9.98 Å². The molecule has 1 aliphatic heterocycles. The molecule has 0 bridgehead atoms. The van der Waals surface area contributed by atoms with Gasteiger partial charge >= 0.3 is 0 Å². The fraction of sp³-hybridized carbons (Fsp3) is 0.0385. The van der Waals surface area contributed by atoms with Gasteiger partial charge in [0.1, 0.15) is 17.0 Å². The molecule has 11 rings (SSSR count). The highest BCUT2D eigenvalue weighted by atomic mass is 16.3. The second kappa shape index (κ2) is 13.4. The van der Waals surface area contributed by atoms with E-state index in [1.54, 1.807) is 0 Å². The number of furan rings is 1. The van der Waals surface area contributed by atoms with Crippen molar-refractivity contribution in [3.05, 3.63) is 211 Å². The van der Waals surface area contributed by atoms with E-state index in [1.807, 2.05) is 24.3 Å². The normalized spacial score (nSPS) is 14.4. The van der Waals surface area contributed by atoms with Crippen LogP contribution < -0.4 is 0 Å². The van der Waals surface area contributed by atoms with Gasteiger partial charge in [0, 0.05) is 51.0 Å². The lowest BCUT2D eigenvalue weighted by atomic mass is 9.96. The number of aliphatic imine (C=N–C) groups is 2. The lowest BCUT2D eigenvalue weighted by molar-refractivity contribution is 0.383. The van der Waals surface area contributed by atoms with Crippen LogP contribution in [-0.4, -0.2) is 28.2 Å². The number of hydrogen-bond donors (Lipinski definition) is 0. The molecule has 2 aromatic heterocycles. The fourth-order valence-corrected chi connectivity index (χ4v) is 8.58. The highest BCUT2D eigenvalue weighted by Gasteiger charge is 2.27. The van der Waals surface area contributed by atoms with Crippen LogP contribution in [0.25, 0.3) is 71.7 Å². The van der Waals surface area contributed by atoms with Gasteiger partial charge in [-0.1, -0.05) is 158 Å². The van der Waals surface area contributed by atoms with Gasteiger partial charge in [-0.3, -0.25) is 0 Å². The zero-order valence-electron chi connectivity index (χ0n) is 31.2. The number of benzene rings is 8. The average molecular weight is 733 g/mol. The Morgan fingerprint density at radius 1 is 0.491 bits per heavy atom. The predicted molar refractivity (Wildman–Crippen MR) is 235 cm³/mol. The molecule has 1 atom stereocenters. The molecule has 270 valence electrons. The van der Waals surface area contributed by atoms with Crippen molar-refractivity contribution in [2.45, 2.75) is 6.17 Å². The third-order valence-corrected chi connectivity index (χ3v) is 11.2. The van der Waals surface area contributed by atoms with Crippen LogP contribution in [0.5, 0.6) is 0 Å². The Morgan fingerprint density at radius 3 is 1.95 bits per heavy atom. The standard InChI is InChI=1S/C52H36N4O/c1-55-51(35-18-7-3-8-19-35)53-50(34-16-5-2-6-17-34)54-52(55)38-21-13-20-36(32-38)41-26-14-27-44-48-40(25-15-29-47(48)57-49(41)44)37-30-31-43-42-24-11-12-28-45(42)56(46(43)33-37)39-22-9-4-10-23-39/h2-33,52H,1H3. The topological polar surface area (TPSA) is 46.0 Å². The molecule has 0 aliphatic carbocycles. The van der Waals surface area contributed by atoms with Crippen LogP contribution >= 0.6 is 0 Å². The number of amidine groups is 2. The van der Waals surface area contributed by atoms with Gasteiger partial charge in [-0.15, -0.1) is 0 Å². The van der Waals surface area contributed by atoms with E-state index < -0.39 is 0 Å². The van der Waals surface area contributed by atoms with Crippen LogP contribution in [0, 0.1) is 0 Å². The van der Waals surface area contributed by atoms with E-state index in [-0.39, 0.29) is 6.17 Å². The third-order valence-electron chi connectivity index (χ3n) is 11.2. The number of hydrogen-bond acceptors (Lipinski definition) is 4. The van der Waals surface area contributed by atoms with E-state index in [4.69, 9.17) is 14.4 Å². The molecule has 57 heavy (non-hydrogen) atoms. The summed E-state index contributed by atoms with van der Waals surface area (Å²) < 4.78 is 9.20. The van der Waals surface area contributed by atoms with Crippen molar-refractivity contribution in [3.8, 4) is 27.9 Å². The molecule has 1 unspecified atom stereocenters. The highest BCUT2D eigenvalue weighted by molar-refractivity contribution is 6.17. The van der Waals surface area contributed by atoms with Crippen molar-refractivity contribution in [2.75, 3.05) is 7.05 Å². The predicted octanol–water partition coefficient (Wildman–Crippen LogP) is 12.9. The van der Waals surface area contributed by atoms with Crippen LogP contribution in [0.3, 0.4) is 0 Å². The monoisotopic (exact) mass is 732 g/mol. The Labute approximate surface area is 330 Å². The molecule has 0 fully saturated rings. The van der Waals surface area contributed by atoms with Crippen LogP contribution in [-0.2, 0) is 0 Å². The van der Waals surface area contributed by atoms with Crippen molar-refractivity contribution >= 4 is 55.4 Å². The molecule has 0 saturated heterocycles. The van der Waals surface area contributed by atoms with Crippen molar-refractivity contribution in [1.29, 1.82) is 0 Å². The Hall–Kier alpha value is -7.50. The number of nitrogens with zero attached hydrogens (tertiary/aromatic N) is 4. The minimum Gasteiger partial charge on any atom is -0.455 e. The second-order valence-corrected chi connectivity index (χ2v) is 14.6. The van der Waals surface area contributed by atoms with Gasteiger partial charge in [0.25, 0.3) is 0 Å². The summed E-state index contributed by atoms with van der Waals surface area (Å²) in [5.74, 6) is 1.60. The Morgan fingerprint density at radius 2 is 1.12 bits per heavy atom. The van der Waals surface area contributed by atoms with Crippen molar-refractivity contribution in [1.82, 2.24) is 9.47 Å². The Bertz CT molecular complexity index is 3190. The average Bonchev–Trinajstić information content (AvgIpc) is 3.83. The summed E-state index contributed by atoms with van der Waals surface area (Å²) >= 11 is 0. The molecule has 10 aromatic rings. The third kappa shape index (κ3) is 5.47. The van der Waals surface area contributed by atoms with Gasteiger partial charge < -0.3 is 13.9 Å². The van der Waals surface area contributed by atoms with Gasteiger partial charge in [-0.25, -0.2) is 9.98 Å². The maximum atomic E-state index is 6.82. The van der Waals surface area contributed by atoms with Gasteiger partial charge in [0.15, 0.2) is 12.0 Å². The molecule has 0 radical (unpaired) electrons. The number of aromatic nitrogens is 1. The fourth-order valence-electron chi connectivity index (χ4n) is 8.58. The summed E-state index contributed by atoms with van der Waals surface area (Å²) in [5.41, 5.74) is 12.8. The zero-order chi connectivity index (χ0) is 37.9. The number of rotatable bonds is 6. The molecule has 3 heterocycles. The molecule has 0 N–H and O–H groups in total. The maximum absolute atomic E-state index is 6.82. The van der Waals surface area contributed by atoms with Gasteiger partial charge in [0.05, 0.1) is 11.0 Å². The molecule has 0 saturated carbocycles. The van der Waals surface area contributed by atoms with E-state index in [0.717, 1.165) is 78.2 Å². The van der Waals surface area contributed by atoms with Gasteiger partial charge in [0.2, 0.25) is 0 Å². The first-order chi connectivity index (χ1) is 28.2. The summed E-state index contributed by atoms with van der Waals surface area (Å²) in [6.07, 6.45) is -0.282. The summed E-state index contributed by atoms with van der Waals surface area (Å²) in [6.45, 7) is 0. The molecular weight excluding hydrogens is 697 g/mol.